The fraction of sp³-hybridized carbons (Fsp3) is 0.556. The molecule has 0 saturated carbocycles. The zero-order valence-corrected chi connectivity index (χ0v) is 22.6. The van der Waals surface area contributed by atoms with Crippen molar-refractivity contribution in [3.8, 4) is 0 Å². The van der Waals surface area contributed by atoms with E-state index in [0.717, 1.165) is 5.56 Å². The fourth-order valence-corrected chi connectivity index (χ4v) is 3.50. The van der Waals surface area contributed by atoms with Gasteiger partial charge in [0.25, 0.3) is 0 Å². The molecule has 1 atom stereocenters. The van der Waals surface area contributed by atoms with Gasteiger partial charge in [0.1, 0.15) is 30.4 Å². The Hall–Kier alpha value is -3.56. The van der Waals surface area contributed by atoms with Gasteiger partial charge in [0.15, 0.2) is 0 Å². The molecule has 0 bridgehead atoms. The van der Waals surface area contributed by atoms with E-state index in [2.05, 4.69) is 5.32 Å². The van der Waals surface area contributed by atoms with Crippen LogP contribution in [-0.2, 0) is 30.4 Å². The third kappa shape index (κ3) is 10.9. The second kappa shape index (κ2) is 13.1. The summed E-state index contributed by atoms with van der Waals surface area (Å²) in [5.74, 6) is -0.962. The predicted octanol–water partition coefficient (Wildman–Crippen LogP) is 4.34. The third-order valence-corrected chi connectivity index (χ3v) is 5.02. The minimum absolute atomic E-state index is 0.0619. The molecule has 1 N–H and O–H groups in total. The summed E-state index contributed by atoms with van der Waals surface area (Å²) in [7, 11) is 0. The number of unbranched alkanes of at least 4 members (excludes halogenated alkanes) is 1. The molecule has 0 fully saturated rings. The molecule has 0 aromatic heterocycles. The Morgan fingerprint density at radius 3 is 2.19 bits per heavy atom. The Morgan fingerprint density at radius 2 is 1.57 bits per heavy atom. The highest BCUT2D eigenvalue weighted by atomic mass is 16.6. The lowest BCUT2D eigenvalue weighted by Crippen LogP contribution is -2.52. The number of carbonyl (C=O) groups excluding carboxylic acids is 4. The largest absolute Gasteiger partial charge is 0.459 e. The first-order valence-corrected chi connectivity index (χ1v) is 12.4. The number of esters is 1. The maximum Gasteiger partial charge on any atom is 0.414 e. The van der Waals surface area contributed by atoms with Crippen LogP contribution in [0.5, 0.6) is 0 Å². The first-order valence-electron chi connectivity index (χ1n) is 12.4. The molecule has 1 aliphatic heterocycles. The summed E-state index contributed by atoms with van der Waals surface area (Å²) in [6, 6.07) is 8.36. The lowest BCUT2D eigenvalue weighted by molar-refractivity contribution is -0.158. The van der Waals surface area contributed by atoms with Crippen LogP contribution in [0.4, 0.5) is 9.59 Å². The molecule has 0 spiro atoms. The Labute approximate surface area is 218 Å². The molecule has 3 amide bonds. The van der Waals surface area contributed by atoms with Gasteiger partial charge < -0.3 is 24.4 Å². The average Bonchev–Trinajstić information content (AvgIpc) is 2.77. The smallest absolute Gasteiger partial charge is 0.414 e. The molecule has 2 rings (SSSR count). The van der Waals surface area contributed by atoms with Crippen molar-refractivity contribution in [2.45, 2.75) is 84.7 Å². The molecule has 10 heteroatoms. The number of benzene rings is 1. The van der Waals surface area contributed by atoms with Crippen molar-refractivity contribution in [1.82, 2.24) is 15.1 Å². The van der Waals surface area contributed by atoms with Crippen LogP contribution in [0, 0.1) is 0 Å². The number of rotatable bonds is 9. The first kappa shape index (κ1) is 29.7. The summed E-state index contributed by atoms with van der Waals surface area (Å²) in [5.41, 5.74) is -0.462. The van der Waals surface area contributed by atoms with Gasteiger partial charge >= 0.3 is 18.2 Å². The van der Waals surface area contributed by atoms with Gasteiger partial charge in [0, 0.05) is 18.9 Å². The summed E-state index contributed by atoms with van der Waals surface area (Å²) in [6.45, 7) is 10.7. The van der Waals surface area contributed by atoms with Crippen LogP contribution in [0.3, 0.4) is 0 Å². The molecule has 37 heavy (non-hydrogen) atoms. The van der Waals surface area contributed by atoms with Crippen LogP contribution in [0.25, 0.3) is 0 Å². The van der Waals surface area contributed by atoms with Crippen molar-refractivity contribution in [3.63, 3.8) is 0 Å². The summed E-state index contributed by atoms with van der Waals surface area (Å²) >= 11 is 0. The van der Waals surface area contributed by atoms with Crippen LogP contribution in [0.15, 0.2) is 42.7 Å². The van der Waals surface area contributed by atoms with Crippen molar-refractivity contribution in [1.29, 1.82) is 0 Å². The number of alkyl carbamates (subject to hydrolysis) is 1. The number of hydrogen-bond acceptors (Lipinski definition) is 7. The first-order chi connectivity index (χ1) is 17.2. The summed E-state index contributed by atoms with van der Waals surface area (Å²) in [4.78, 5) is 52.8. The van der Waals surface area contributed by atoms with Crippen molar-refractivity contribution in [2.75, 3.05) is 13.1 Å². The van der Waals surface area contributed by atoms with Crippen molar-refractivity contribution >= 4 is 24.1 Å². The SMILES string of the molecule is CC(C)(C)OC(=O)CN1C=CN(C(=O)OCc2ccccc2)[C@@H](CCCCNC(=O)OC(C)(C)C)C1=O. The minimum Gasteiger partial charge on any atom is -0.459 e. The summed E-state index contributed by atoms with van der Waals surface area (Å²) < 4.78 is 16.0. The second-order valence-corrected chi connectivity index (χ2v) is 10.7. The van der Waals surface area contributed by atoms with Gasteiger partial charge in [0.05, 0.1) is 0 Å². The normalized spacial score (nSPS) is 15.8. The fourth-order valence-electron chi connectivity index (χ4n) is 3.50. The summed E-state index contributed by atoms with van der Waals surface area (Å²) in [6.07, 6.45) is 3.05. The molecule has 204 valence electrons. The Bertz CT molecular complexity index is 964. The van der Waals surface area contributed by atoms with Gasteiger partial charge in [-0.2, -0.15) is 0 Å². The number of nitrogens with one attached hydrogen (secondary N) is 1. The van der Waals surface area contributed by atoms with E-state index in [1.165, 1.54) is 22.2 Å². The van der Waals surface area contributed by atoms with Crippen LogP contribution in [0.1, 0.15) is 66.4 Å². The number of nitrogens with zero attached hydrogens (tertiary/aromatic N) is 2. The second-order valence-electron chi connectivity index (χ2n) is 10.7. The molecular formula is C27H39N3O7. The van der Waals surface area contributed by atoms with Gasteiger partial charge in [-0.25, -0.2) is 9.59 Å². The van der Waals surface area contributed by atoms with Crippen molar-refractivity contribution in [2.24, 2.45) is 0 Å². The Balaban J connectivity index is 2.01. The van der Waals surface area contributed by atoms with E-state index < -0.39 is 41.3 Å². The molecule has 0 saturated heterocycles. The molecule has 0 aliphatic carbocycles. The van der Waals surface area contributed by atoms with Crippen LogP contribution >= 0.6 is 0 Å². The zero-order valence-electron chi connectivity index (χ0n) is 22.6. The van der Waals surface area contributed by atoms with E-state index in [4.69, 9.17) is 14.2 Å². The van der Waals surface area contributed by atoms with E-state index in [9.17, 15) is 19.2 Å². The molecular weight excluding hydrogens is 478 g/mol. The molecule has 1 aliphatic rings. The maximum absolute atomic E-state index is 13.3. The lowest BCUT2D eigenvalue weighted by atomic mass is 10.1. The lowest BCUT2D eigenvalue weighted by Gasteiger charge is -2.35. The van der Waals surface area contributed by atoms with Gasteiger partial charge in [-0.15, -0.1) is 0 Å². The average molecular weight is 518 g/mol. The highest BCUT2D eigenvalue weighted by Gasteiger charge is 2.36. The van der Waals surface area contributed by atoms with E-state index in [1.54, 1.807) is 41.5 Å². The molecule has 1 heterocycles. The van der Waals surface area contributed by atoms with Gasteiger partial charge in [-0.05, 0) is 66.4 Å². The standard InChI is InChI=1S/C27H39N3O7/c1-26(2,3)36-22(31)18-29-16-17-30(25(34)35-19-20-12-8-7-9-13-20)21(23(29)32)14-10-11-15-28-24(33)37-27(4,5)6/h7-9,12-13,16-17,21H,10-11,14-15,18-19H2,1-6H3,(H,28,33)/t21-/m0/s1. The number of ether oxygens (including phenoxy) is 3. The topological polar surface area (TPSA) is 114 Å². The van der Waals surface area contributed by atoms with Gasteiger partial charge in [0.2, 0.25) is 5.91 Å². The number of hydrogen-bond donors (Lipinski definition) is 1. The van der Waals surface area contributed by atoms with Crippen LogP contribution in [0.2, 0.25) is 0 Å². The molecule has 10 nitrogen and oxygen atoms in total. The molecule has 1 aromatic rings. The maximum atomic E-state index is 13.3. The number of amides is 3. The van der Waals surface area contributed by atoms with Gasteiger partial charge in [-0.3, -0.25) is 14.5 Å². The van der Waals surface area contributed by atoms with Crippen molar-refractivity contribution < 1.29 is 33.4 Å². The van der Waals surface area contributed by atoms with E-state index >= 15 is 0 Å². The monoisotopic (exact) mass is 517 g/mol. The van der Waals surface area contributed by atoms with Crippen LogP contribution < -0.4 is 5.32 Å². The quantitative estimate of drug-likeness (QED) is 0.294. The van der Waals surface area contributed by atoms with Crippen LogP contribution in [-0.4, -0.2) is 64.2 Å². The highest BCUT2D eigenvalue weighted by Crippen LogP contribution is 2.20. The third-order valence-electron chi connectivity index (χ3n) is 5.02. The molecule has 0 unspecified atom stereocenters. The zero-order chi connectivity index (χ0) is 27.6. The van der Waals surface area contributed by atoms with E-state index in [0.29, 0.717) is 25.8 Å². The molecule has 0 radical (unpaired) electrons. The van der Waals surface area contributed by atoms with E-state index in [1.807, 2.05) is 30.3 Å². The predicted molar refractivity (Wildman–Crippen MR) is 137 cm³/mol. The summed E-state index contributed by atoms with van der Waals surface area (Å²) in [5, 5.41) is 2.68. The Kier molecular flexibility index (Phi) is 10.5. The molecule has 1 aromatic carbocycles. The van der Waals surface area contributed by atoms with Gasteiger partial charge in [-0.1, -0.05) is 30.3 Å². The Morgan fingerprint density at radius 1 is 0.919 bits per heavy atom. The minimum atomic E-state index is -0.864. The van der Waals surface area contributed by atoms with Crippen molar-refractivity contribution in [3.05, 3.63) is 48.3 Å². The highest BCUT2D eigenvalue weighted by molar-refractivity contribution is 5.90. The number of carbonyl (C=O) groups is 4. The van der Waals surface area contributed by atoms with E-state index in [-0.39, 0.29) is 13.2 Å².